The average molecular weight is 511 g/mol. The van der Waals surface area contributed by atoms with Crippen molar-refractivity contribution in [1.82, 2.24) is 0 Å². The van der Waals surface area contributed by atoms with Gasteiger partial charge in [0.1, 0.15) is 0 Å². The molecule has 5 aromatic carbocycles. The molecule has 5 aromatic rings. The maximum absolute atomic E-state index is 5.86. The fourth-order valence-electron chi connectivity index (χ4n) is 5.31. The second kappa shape index (κ2) is 12.0. The molecule has 0 amide bonds. The van der Waals surface area contributed by atoms with Crippen molar-refractivity contribution in [1.29, 1.82) is 0 Å². The van der Waals surface area contributed by atoms with Crippen LogP contribution in [0.15, 0.2) is 109 Å². The number of hydrogen-bond donors (Lipinski definition) is 2. The third-order valence-corrected chi connectivity index (χ3v) is 7.65. The van der Waals surface area contributed by atoms with Crippen molar-refractivity contribution in [3.05, 3.63) is 165 Å². The van der Waals surface area contributed by atoms with Gasteiger partial charge in [0.2, 0.25) is 0 Å². The smallest absolute Gasteiger partial charge is 0.0314 e. The second-order valence-electron chi connectivity index (χ2n) is 10.7. The molecule has 2 nitrogen and oxygen atoms in total. The van der Waals surface area contributed by atoms with Crippen LogP contribution in [0.3, 0.4) is 0 Å². The molecule has 2 heteroatoms. The highest BCUT2D eigenvalue weighted by molar-refractivity contribution is 5.44. The number of nitrogens with two attached hydrogens (primary N) is 2. The molecule has 0 aliphatic carbocycles. The predicted molar refractivity (Wildman–Crippen MR) is 166 cm³/mol. The van der Waals surface area contributed by atoms with E-state index in [1.807, 2.05) is 24.3 Å². The van der Waals surface area contributed by atoms with Crippen LogP contribution in [0.1, 0.15) is 62.6 Å². The third-order valence-electron chi connectivity index (χ3n) is 7.65. The fraction of sp³-hybridized carbons (Fsp3) is 0.189. The lowest BCUT2D eigenvalue weighted by molar-refractivity contribution is 1.04. The van der Waals surface area contributed by atoms with Crippen molar-refractivity contribution in [3.63, 3.8) is 0 Å². The van der Waals surface area contributed by atoms with Crippen molar-refractivity contribution in [2.75, 3.05) is 11.5 Å². The molecule has 0 aromatic heterocycles. The van der Waals surface area contributed by atoms with Crippen LogP contribution in [0.4, 0.5) is 11.4 Å². The van der Waals surface area contributed by atoms with Gasteiger partial charge < -0.3 is 11.5 Å². The molecule has 0 spiro atoms. The molecule has 0 fully saturated rings. The van der Waals surface area contributed by atoms with Crippen molar-refractivity contribution in [2.45, 2.75) is 46.0 Å². The Hall–Kier alpha value is -4.30. The molecule has 0 saturated heterocycles. The molecule has 0 aliphatic rings. The topological polar surface area (TPSA) is 52.0 Å². The first-order valence-corrected chi connectivity index (χ1v) is 13.9. The number of aryl methyl sites for hydroxylation is 2. The summed E-state index contributed by atoms with van der Waals surface area (Å²) in [4.78, 5) is 0. The van der Waals surface area contributed by atoms with E-state index in [2.05, 4.69) is 98.8 Å². The van der Waals surface area contributed by atoms with Crippen molar-refractivity contribution in [3.8, 4) is 0 Å². The quantitative estimate of drug-likeness (QED) is 0.197. The number of benzene rings is 5. The highest BCUT2D eigenvalue weighted by Crippen LogP contribution is 2.22. The first-order valence-electron chi connectivity index (χ1n) is 13.9. The summed E-state index contributed by atoms with van der Waals surface area (Å²) in [7, 11) is 0. The molecular formula is C37H38N2. The van der Waals surface area contributed by atoms with E-state index < -0.39 is 0 Å². The number of hydrogen-bond acceptors (Lipinski definition) is 2. The standard InChI is InChI=1S/C37H38N2/c1-3-33-25-32(9-15-35(33)24-30-12-18-37(39)19-13-30)22-31-8-14-34(26(2)20-31)23-29-6-4-27(5-7-29)21-28-10-16-36(38)17-11-28/h4-20,25H,3,21-24,38-39H2,1-2H3. The van der Waals surface area contributed by atoms with E-state index in [1.165, 1.54) is 55.6 Å². The number of anilines is 2. The Morgan fingerprint density at radius 2 is 0.795 bits per heavy atom. The highest BCUT2D eigenvalue weighted by Gasteiger charge is 2.08. The molecule has 0 heterocycles. The zero-order valence-corrected chi connectivity index (χ0v) is 23.1. The van der Waals surface area contributed by atoms with Gasteiger partial charge in [-0.1, -0.05) is 91.9 Å². The van der Waals surface area contributed by atoms with E-state index in [9.17, 15) is 0 Å². The van der Waals surface area contributed by atoms with Crippen LogP contribution in [0.5, 0.6) is 0 Å². The maximum Gasteiger partial charge on any atom is 0.0314 e. The molecule has 39 heavy (non-hydrogen) atoms. The molecule has 0 saturated carbocycles. The SMILES string of the molecule is CCc1cc(Cc2ccc(Cc3ccc(Cc4ccc(N)cc4)cc3)c(C)c2)ccc1Cc1ccc(N)cc1. The molecule has 4 N–H and O–H groups in total. The van der Waals surface area contributed by atoms with Gasteiger partial charge in [0, 0.05) is 11.4 Å². The van der Waals surface area contributed by atoms with Gasteiger partial charge in [0.05, 0.1) is 0 Å². The molecule has 0 aliphatic heterocycles. The lowest BCUT2D eigenvalue weighted by atomic mass is 9.92. The predicted octanol–water partition coefficient (Wildman–Crippen LogP) is 8.09. The van der Waals surface area contributed by atoms with E-state index in [1.54, 1.807) is 0 Å². The lowest BCUT2D eigenvalue weighted by Gasteiger charge is -2.13. The average Bonchev–Trinajstić information content (AvgIpc) is 2.94. The van der Waals surface area contributed by atoms with E-state index in [0.717, 1.165) is 43.5 Å². The highest BCUT2D eigenvalue weighted by atomic mass is 14.5. The summed E-state index contributed by atoms with van der Waals surface area (Å²) >= 11 is 0. The van der Waals surface area contributed by atoms with Gasteiger partial charge in [0.15, 0.2) is 0 Å². The molecule has 196 valence electrons. The molecule has 0 radical (unpaired) electrons. The third kappa shape index (κ3) is 6.97. The Morgan fingerprint density at radius 3 is 1.31 bits per heavy atom. The van der Waals surface area contributed by atoms with E-state index in [0.29, 0.717) is 0 Å². The van der Waals surface area contributed by atoms with Crippen molar-refractivity contribution < 1.29 is 0 Å². The van der Waals surface area contributed by atoms with Gasteiger partial charge >= 0.3 is 0 Å². The summed E-state index contributed by atoms with van der Waals surface area (Å²) in [6.45, 7) is 4.48. The van der Waals surface area contributed by atoms with E-state index in [4.69, 9.17) is 11.5 Å². The van der Waals surface area contributed by atoms with Gasteiger partial charge in [-0.2, -0.15) is 0 Å². The van der Waals surface area contributed by atoms with E-state index >= 15 is 0 Å². The van der Waals surface area contributed by atoms with E-state index in [-0.39, 0.29) is 0 Å². The lowest BCUT2D eigenvalue weighted by Crippen LogP contribution is -1.99. The second-order valence-corrected chi connectivity index (χ2v) is 10.7. The molecule has 0 unspecified atom stereocenters. The van der Waals surface area contributed by atoms with Gasteiger partial charge in [-0.05, 0) is 119 Å². The molecule has 0 bridgehead atoms. The number of nitrogen functional groups attached to an aromatic ring is 2. The van der Waals surface area contributed by atoms with Gasteiger partial charge in [-0.25, -0.2) is 0 Å². The summed E-state index contributed by atoms with van der Waals surface area (Å²) in [6.07, 6.45) is 4.81. The van der Waals surface area contributed by atoms with Gasteiger partial charge in [-0.15, -0.1) is 0 Å². The van der Waals surface area contributed by atoms with Crippen LogP contribution in [-0.2, 0) is 32.1 Å². The molecule has 5 rings (SSSR count). The Labute approximate surface area is 233 Å². The summed E-state index contributed by atoms with van der Waals surface area (Å²) in [5.74, 6) is 0. The zero-order chi connectivity index (χ0) is 27.2. The molecule has 0 atom stereocenters. The summed E-state index contributed by atoms with van der Waals surface area (Å²) in [5.41, 5.74) is 26.9. The molecular weight excluding hydrogens is 472 g/mol. The maximum atomic E-state index is 5.86. The van der Waals surface area contributed by atoms with Crippen LogP contribution >= 0.6 is 0 Å². The Morgan fingerprint density at radius 1 is 0.410 bits per heavy atom. The van der Waals surface area contributed by atoms with Crippen LogP contribution in [0, 0.1) is 6.92 Å². The Kier molecular flexibility index (Phi) is 8.13. The van der Waals surface area contributed by atoms with Crippen LogP contribution in [0.2, 0.25) is 0 Å². The summed E-state index contributed by atoms with van der Waals surface area (Å²) in [5, 5.41) is 0. The fourth-order valence-corrected chi connectivity index (χ4v) is 5.31. The van der Waals surface area contributed by atoms with Gasteiger partial charge in [0.25, 0.3) is 0 Å². The Bertz CT molecular complexity index is 1530. The van der Waals surface area contributed by atoms with Crippen LogP contribution in [0.25, 0.3) is 0 Å². The van der Waals surface area contributed by atoms with Crippen LogP contribution in [-0.4, -0.2) is 0 Å². The summed E-state index contributed by atoms with van der Waals surface area (Å²) in [6, 6.07) is 39.4. The minimum Gasteiger partial charge on any atom is -0.399 e. The van der Waals surface area contributed by atoms with Crippen molar-refractivity contribution >= 4 is 11.4 Å². The largest absolute Gasteiger partial charge is 0.399 e. The van der Waals surface area contributed by atoms with Crippen LogP contribution < -0.4 is 11.5 Å². The zero-order valence-electron chi connectivity index (χ0n) is 23.1. The normalized spacial score (nSPS) is 11.0. The first-order chi connectivity index (χ1) is 18.9. The Balaban J connectivity index is 1.22. The monoisotopic (exact) mass is 510 g/mol. The minimum atomic E-state index is 0.810. The van der Waals surface area contributed by atoms with Crippen molar-refractivity contribution in [2.24, 2.45) is 0 Å². The number of rotatable bonds is 9. The summed E-state index contributed by atoms with van der Waals surface area (Å²) < 4.78 is 0. The first kappa shape index (κ1) is 26.3. The minimum absolute atomic E-state index is 0.810. The van der Waals surface area contributed by atoms with Gasteiger partial charge in [-0.3, -0.25) is 0 Å².